The number of esters is 1. The number of hydrogen-bond acceptors (Lipinski definition) is 6. The van der Waals surface area contributed by atoms with E-state index < -0.39 is 11.9 Å². The summed E-state index contributed by atoms with van der Waals surface area (Å²) in [5.74, 6) is -0.0589. The van der Waals surface area contributed by atoms with Crippen molar-refractivity contribution in [3.8, 4) is 16.3 Å². The maximum Gasteiger partial charge on any atom is 0.325 e. The molecule has 0 aliphatic carbocycles. The molecule has 0 aliphatic rings. The number of amides is 1. The lowest BCUT2D eigenvalue weighted by Gasteiger charge is -2.07. The molecule has 1 amide bonds. The second-order valence-electron chi connectivity index (χ2n) is 5.63. The number of rotatable bonds is 8. The molecule has 0 fully saturated rings. The molecule has 0 aliphatic heterocycles. The lowest BCUT2D eigenvalue weighted by molar-refractivity contribution is -0.146. The molecule has 0 saturated carbocycles. The first-order chi connectivity index (χ1) is 12.0. The third kappa shape index (κ3) is 5.86. The van der Waals surface area contributed by atoms with Crippen LogP contribution in [0.5, 0.6) is 5.75 Å². The predicted octanol–water partition coefficient (Wildman–Crippen LogP) is 3.28. The van der Waals surface area contributed by atoms with Crippen LogP contribution in [0, 0.1) is 0 Å². The summed E-state index contributed by atoms with van der Waals surface area (Å²) in [6.07, 6.45) is 0.747. The van der Waals surface area contributed by atoms with E-state index in [0.717, 1.165) is 22.7 Å². The van der Waals surface area contributed by atoms with Crippen molar-refractivity contribution in [2.24, 2.45) is 0 Å². The van der Waals surface area contributed by atoms with Gasteiger partial charge in [0, 0.05) is 10.9 Å². The number of nitrogens with zero attached hydrogens (tertiary/aromatic N) is 1. The van der Waals surface area contributed by atoms with Crippen LogP contribution in [0.15, 0.2) is 29.6 Å². The molecule has 1 aromatic heterocycles. The van der Waals surface area contributed by atoms with Crippen LogP contribution in [0.3, 0.4) is 0 Å². The predicted molar refractivity (Wildman–Crippen MR) is 96.9 cm³/mol. The fourth-order valence-corrected chi connectivity index (χ4v) is 2.78. The van der Waals surface area contributed by atoms with Gasteiger partial charge in [-0.15, -0.1) is 11.3 Å². The van der Waals surface area contributed by atoms with Crippen LogP contribution in [0.1, 0.15) is 37.7 Å². The van der Waals surface area contributed by atoms with Crippen LogP contribution in [0.4, 0.5) is 0 Å². The molecule has 0 bridgehead atoms. The SMILES string of the molecule is CCCOc1ccc(-c2nc(C(=O)NCC(=O)OC(C)C)cs2)cc1. The minimum Gasteiger partial charge on any atom is -0.494 e. The number of carbonyl (C=O) groups excluding carboxylic acids is 2. The van der Waals surface area contributed by atoms with Crippen LogP contribution in [-0.4, -0.2) is 36.1 Å². The standard InChI is InChI=1S/C18H22N2O4S/c1-4-9-23-14-7-5-13(6-8-14)18-20-15(11-25-18)17(22)19-10-16(21)24-12(2)3/h5-8,11-12H,4,9-10H2,1-3H3,(H,19,22). The van der Waals surface area contributed by atoms with Crippen LogP contribution in [-0.2, 0) is 9.53 Å². The van der Waals surface area contributed by atoms with Gasteiger partial charge in [0.15, 0.2) is 0 Å². The zero-order valence-corrected chi connectivity index (χ0v) is 15.4. The van der Waals surface area contributed by atoms with Gasteiger partial charge in [0.2, 0.25) is 0 Å². The van der Waals surface area contributed by atoms with E-state index in [1.807, 2.05) is 24.3 Å². The fraction of sp³-hybridized carbons (Fsp3) is 0.389. The summed E-state index contributed by atoms with van der Waals surface area (Å²) < 4.78 is 10.5. The number of nitrogens with one attached hydrogen (secondary N) is 1. The van der Waals surface area contributed by atoms with Crippen LogP contribution >= 0.6 is 11.3 Å². The van der Waals surface area contributed by atoms with Gasteiger partial charge in [-0.25, -0.2) is 4.98 Å². The van der Waals surface area contributed by atoms with E-state index in [-0.39, 0.29) is 18.3 Å². The molecule has 2 aromatic rings. The molecule has 0 unspecified atom stereocenters. The van der Waals surface area contributed by atoms with Crippen LogP contribution < -0.4 is 10.1 Å². The Labute approximate surface area is 151 Å². The summed E-state index contributed by atoms with van der Waals surface area (Å²) in [6.45, 7) is 6.07. The molecule has 2 rings (SSSR count). The van der Waals surface area contributed by atoms with E-state index in [1.165, 1.54) is 11.3 Å². The Kier molecular flexibility index (Phi) is 6.94. The molecule has 1 N–H and O–H groups in total. The van der Waals surface area contributed by atoms with Gasteiger partial charge in [0.1, 0.15) is 23.0 Å². The molecule has 134 valence electrons. The van der Waals surface area contributed by atoms with Crippen molar-refractivity contribution in [2.75, 3.05) is 13.2 Å². The van der Waals surface area contributed by atoms with Crippen LogP contribution in [0.2, 0.25) is 0 Å². The number of hydrogen-bond donors (Lipinski definition) is 1. The average Bonchev–Trinajstić information content (AvgIpc) is 3.08. The molecule has 0 atom stereocenters. The van der Waals surface area contributed by atoms with Gasteiger partial charge in [0.25, 0.3) is 5.91 Å². The zero-order chi connectivity index (χ0) is 18.2. The first-order valence-corrected chi connectivity index (χ1v) is 9.04. The summed E-state index contributed by atoms with van der Waals surface area (Å²) in [6, 6.07) is 7.58. The summed E-state index contributed by atoms with van der Waals surface area (Å²) in [4.78, 5) is 27.8. The Morgan fingerprint density at radius 2 is 1.96 bits per heavy atom. The van der Waals surface area contributed by atoms with Gasteiger partial charge >= 0.3 is 5.97 Å². The molecular formula is C18H22N2O4S. The highest BCUT2D eigenvalue weighted by Crippen LogP contribution is 2.25. The number of benzene rings is 1. The van der Waals surface area contributed by atoms with Crippen LogP contribution in [0.25, 0.3) is 10.6 Å². The van der Waals surface area contributed by atoms with E-state index in [2.05, 4.69) is 17.2 Å². The molecule has 25 heavy (non-hydrogen) atoms. The molecule has 0 spiro atoms. The van der Waals surface area contributed by atoms with E-state index in [9.17, 15) is 9.59 Å². The minimum atomic E-state index is -0.471. The van der Waals surface area contributed by atoms with Crippen molar-refractivity contribution in [3.63, 3.8) is 0 Å². The quantitative estimate of drug-likeness (QED) is 0.729. The number of thiazole rings is 1. The summed E-state index contributed by atoms with van der Waals surface area (Å²) in [5, 5.41) is 4.91. The van der Waals surface area contributed by atoms with Gasteiger partial charge in [-0.1, -0.05) is 6.92 Å². The Hall–Kier alpha value is -2.41. The molecule has 7 heteroatoms. The highest BCUT2D eigenvalue weighted by atomic mass is 32.1. The normalized spacial score (nSPS) is 10.6. The molecule has 1 heterocycles. The van der Waals surface area contributed by atoms with E-state index in [1.54, 1.807) is 19.2 Å². The Bertz CT molecular complexity index is 710. The maximum absolute atomic E-state index is 12.1. The third-order valence-corrected chi connectivity index (χ3v) is 3.96. The molecule has 0 radical (unpaired) electrons. The Morgan fingerprint density at radius 3 is 2.60 bits per heavy atom. The Morgan fingerprint density at radius 1 is 1.24 bits per heavy atom. The fourth-order valence-electron chi connectivity index (χ4n) is 1.97. The molecule has 1 aromatic carbocycles. The lowest BCUT2D eigenvalue weighted by atomic mass is 10.2. The zero-order valence-electron chi connectivity index (χ0n) is 14.6. The first-order valence-electron chi connectivity index (χ1n) is 8.16. The second kappa shape index (κ2) is 9.17. The van der Waals surface area contributed by atoms with Crippen molar-refractivity contribution in [1.82, 2.24) is 10.3 Å². The molecule has 0 saturated heterocycles. The number of carbonyl (C=O) groups is 2. The smallest absolute Gasteiger partial charge is 0.325 e. The van der Waals surface area contributed by atoms with Crippen molar-refractivity contribution < 1.29 is 19.1 Å². The van der Waals surface area contributed by atoms with Gasteiger partial charge in [-0.3, -0.25) is 9.59 Å². The first kappa shape index (κ1) is 18.9. The maximum atomic E-state index is 12.1. The number of aromatic nitrogens is 1. The summed E-state index contributed by atoms with van der Waals surface area (Å²) in [7, 11) is 0. The summed E-state index contributed by atoms with van der Waals surface area (Å²) >= 11 is 1.37. The van der Waals surface area contributed by atoms with E-state index >= 15 is 0 Å². The number of ether oxygens (including phenoxy) is 2. The highest BCUT2D eigenvalue weighted by Gasteiger charge is 2.14. The molecule has 6 nitrogen and oxygen atoms in total. The highest BCUT2D eigenvalue weighted by molar-refractivity contribution is 7.13. The van der Waals surface area contributed by atoms with Crippen molar-refractivity contribution in [3.05, 3.63) is 35.3 Å². The van der Waals surface area contributed by atoms with Crippen molar-refractivity contribution >= 4 is 23.2 Å². The topological polar surface area (TPSA) is 77.5 Å². The monoisotopic (exact) mass is 362 g/mol. The van der Waals surface area contributed by atoms with E-state index in [4.69, 9.17) is 9.47 Å². The van der Waals surface area contributed by atoms with Gasteiger partial charge in [0.05, 0.1) is 12.7 Å². The third-order valence-electron chi connectivity index (χ3n) is 3.07. The minimum absolute atomic E-state index is 0.173. The van der Waals surface area contributed by atoms with Gasteiger partial charge in [-0.2, -0.15) is 0 Å². The summed E-state index contributed by atoms with van der Waals surface area (Å²) in [5.41, 5.74) is 1.19. The Balaban J connectivity index is 1.94. The van der Waals surface area contributed by atoms with Gasteiger partial charge in [-0.05, 0) is 44.5 Å². The lowest BCUT2D eigenvalue weighted by Crippen LogP contribution is -2.31. The van der Waals surface area contributed by atoms with Crippen molar-refractivity contribution in [1.29, 1.82) is 0 Å². The van der Waals surface area contributed by atoms with E-state index in [0.29, 0.717) is 6.61 Å². The van der Waals surface area contributed by atoms with Crippen molar-refractivity contribution in [2.45, 2.75) is 33.3 Å². The van der Waals surface area contributed by atoms with Gasteiger partial charge < -0.3 is 14.8 Å². The average molecular weight is 362 g/mol. The molecular weight excluding hydrogens is 340 g/mol. The largest absolute Gasteiger partial charge is 0.494 e. The second-order valence-corrected chi connectivity index (χ2v) is 6.49.